The topological polar surface area (TPSA) is 94.0 Å². The quantitative estimate of drug-likeness (QED) is 0.542. The molecule has 1 aliphatic rings. The summed E-state index contributed by atoms with van der Waals surface area (Å²) in [5.41, 5.74) is 11.7. The van der Waals surface area contributed by atoms with Crippen molar-refractivity contribution in [3.05, 3.63) is 16.1 Å². The van der Waals surface area contributed by atoms with E-state index in [1.807, 2.05) is 5.51 Å². The molecule has 6 heteroatoms. The number of nitrogens with two attached hydrogens (primary N) is 2. The van der Waals surface area contributed by atoms with Gasteiger partial charge < -0.3 is 16.8 Å². The fraction of sp³-hybridized carbons (Fsp3) is 0.429. The number of carbonyl (C=O) groups is 1. The van der Waals surface area contributed by atoms with Crippen LogP contribution in [-0.2, 0) is 13.0 Å². The van der Waals surface area contributed by atoms with Gasteiger partial charge in [-0.15, -0.1) is 11.3 Å². The molecule has 2 amide bonds. The van der Waals surface area contributed by atoms with Gasteiger partial charge in [-0.1, -0.05) is 0 Å². The van der Waals surface area contributed by atoms with Crippen molar-refractivity contribution in [1.82, 2.24) is 10.3 Å². The highest BCUT2D eigenvalue weighted by Gasteiger charge is 2.09. The van der Waals surface area contributed by atoms with E-state index in [2.05, 4.69) is 21.8 Å². The lowest BCUT2D eigenvalue weighted by Crippen LogP contribution is -2.22. The molecule has 0 unspecified atom stereocenters. The van der Waals surface area contributed by atoms with Gasteiger partial charge in [-0.2, -0.15) is 0 Å². The van der Waals surface area contributed by atoms with Crippen LogP contribution in [0.15, 0.2) is 5.51 Å². The molecule has 0 saturated heterocycles. The van der Waals surface area contributed by atoms with Crippen LogP contribution in [-0.4, -0.2) is 17.6 Å². The summed E-state index contributed by atoms with van der Waals surface area (Å²) in [7, 11) is 0. The highest BCUT2D eigenvalue weighted by molar-refractivity contribution is 7.09. The molecule has 13 heavy (non-hydrogen) atoms. The van der Waals surface area contributed by atoms with Crippen LogP contribution in [0.3, 0.4) is 0 Å². The van der Waals surface area contributed by atoms with Gasteiger partial charge in [-0.25, -0.2) is 9.78 Å². The Morgan fingerprint density at radius 3 is 2.92 bits per heavy atom. The van der Waals surface area contributed by atoms with Gasteiger partial charge in [0.05, 0.1) is 11.2 Å². The SMILES string of the molecule is NC(N)=O.c1nc2c(s1)CNCC2. The number of carbonyl (C=O) groups excluding carboxylic acids is 1. The van der Waals surface area contributed by atoms with Crippen molar-refractivity contribution < 1.29 is 4.79 Å². The molecule has 1 aromatic rings. The average molecular weight is 200 g/mol. The standard InChI is InChI=1S/C6H8N2S.CH4N2O/c1-2-7-3-6-5(1)8-4-9-6;2-1(3)4/h4,7H,1-3H2;(H4,2,3,4). The zero-order chi connectivity index (χ0) is 9.68. The zero-order valence-corrected chi connectivity index (χ0v) is 7.93. The van der Waals surface area contributed by atoms with E-state index in [9.17, 15) is 0 Å². The number of rotatable bonds is 0. The molecule has 2 rings (SSSR count). The molecule has 0 aliphatic carbocycles. The number of amides is 2. The molecule has 0 spiro atoms. The molecule has 0 fully saturated rings. The van der Waals surface area contributed by atoms with E-state index in [-0.39, 0.29) is 0 Å². The summed E-state index contributed by atoms with van der Waals surface area (Å²) in [5.74, 6) is 0. The highest BCUT2D eigenvalue weighted by Crippen LogP contribution is 2.15. The number of fused-ring (bicyclic) bond motifs is 1. The monoisotopic (exact) mass is 200 g/mol. The number of aromatic nitrogens is 1. The van der Waals surface area contributed by atoms with Gasteiger partial charge >= 0.3 is 6.03 Å². The van der Waals surface area contributed by atoms with Crippen LogP contribution in [0.4, 0.5) is 4.79 Å². The number of nitrogens with one attached hydrogen (secondary N) is 1. The van der Waals surface area contributed by atoms with E-state index < -0.39 is 6.03 Å². The van der Waals surface area contributed by atoms with Crippen molar-refractivity contribution in [3.8, 4) is 0 Å². The first-order valence-corrected chi connectivity index (χ1v) is 4.75. The average Bonchev–Trinajstić information content (AvgIpc) is 2.49. The lowest BCUT2D eigenvalue weighted by atomic mass is 10.2. The lowest BCUT2D eigenvalue weighted by Gasteiger charge is -2.09. The second kappa shape index (κ2) is 4.78. The smallest absolute Gasteiger partial charge is 0.309 e. The van der Waals surface area contributed by atoms with Crippen LogP contribution >= 0.6 is 11.3 Å². The number of hydrogen-bond acceptors (Lipinski definition) is 4. The van der Waals surface area contributed by atoms with Gasteiger partial charge in [0, 0.05) is 24.4 Å². The Morgan fingerprint density at radius 2 is 2.31 bits per heavy atom. The van der Waals surface area contributed by atoms with Crippen molar-refractivity contribution >= 4 is 17.4 Å². The van der Waals surface area contributed by atoms with Crippen LogP contribution in [0, 0.1) is 0 Å². The Bertz CT molecular complexity index is 261. The second-order valence-electron chi connectivity index (χ2n) is 2.55. The maximum Gasteiger partial charge on any atom is 0.309 e. The first kappa shape index (κ1) is 9.94. The first-order valence-electron chi connectivity index (χ1n) is 3.87. The van der Waals surface area contributed by atoms with Crippen LogP contribution in [0.1, 0.15) is 10.6 Å². The molecule has 0 bridgehead atoms. The summed E-state index contributed by atoms with van der Waals surface area (Å²) >= 11 is 1.75. The van der Waals surface area contributed by atoms with E-state index >= 15 is 0 Å². The van der Waals surface area contributed by atoms with Gasteiger partial charge in [0.1, 0.15) is 0 Å². The summed E-state index contributed by atoms with van der Waals surface area (Å²) in [4.78, 5) is 14.7. The number of urea groups is 1. The second-order valence-corrected chi connectivity index (χ2v) is 3.49. The molecular formula is C7H12N4OS. The van der Waals surface area contributed by atoms with Crippen LogP contribution in [0.2, 0.25) is 0 Å². The Kier molecular flexibility index (Phi) is 3.66. The maximum atomic E-state index is 9.00. The third-order valence-corrected chi connectivity index (χ3v) is 2.42. The minimum Gasteiger partial charge on any atom is -0.352 e. The molecule has 0 saturated carbocycles. The summed E-state index contributed by atoms with van der Waals surface area (Å²) in [5, 5.41) is 3.30. The van der Waals surface area contributed by atoms with Crippen LogP contribution < -0.4 is 16.8 Å². The Labute approximate surface area is 80.1 Å². The highest BCUT2D eigenvalue weighted by atomic mass is 32.1. The van der Waals surface area contributed by atoms with E-state index in [1.165, 1.54) is 10.6 Å². The largest absolute Gasteiger partial charge is 0.352 e. The van der Waals surface area contributed by atoms with Crippen molar-refractivity contribution in [1.29, 1.82) is 0 Å². The molecule has 0 atom stereocenters. The van der Waals surface area contributed by atoms with E-state index in [4.69, 9.17) is 4.79 Å². The van der Waals surface area contributed by atoms with Gasteiger partial charge in [-0.05, 0) is 0 Å². The predicted octanol–water partition coefficient (Wildman–Crippen LogP) is -0.187. The molecule has 1 aliphatic heterocycles. The number of nitrogens with zero attached hydrogens (tertiary/aromatic N) is 1. The van der Waals surface area contributed by atoms with Crippen molar-refractivity contribution in [2.45, 2.75) is 13.0 Å². The number of hydrogen-bond donors (Lipinski definition) is 3. The summed E-state index contributed by atoms with van der Waals surface area (Å²) in [6.07, 6.45) is 1.11. The van der Waals surface area contributed by atoms with Crippen molar-refractivity contribution in [2.24, 2.45) is 11.5 Å². The Morgan fingerprint density at radius 1 is 1.62 bits per heavy atom. The zero-order valence-electron chi connectivity index (χ0n) is 7.12. The molecule has 5 N–H and O–H groups in total. The molecule has 2 heterocycles. The Balaban J connectivity index is 0.000000184. The van der Waals surface area contributed by atoms with Gasteiger partial charge in [0.2, 0.25) is 0 Å². The van der Waals surface area contributed by atoms with Crippen molar-refractivity contribution in [3.63, 3.8) is 0 Å². The summed E-state index contributed by atoms with van der Waals surface area (Å²) in [6.45, 7) is 2.12. The maximum absolute atomic E-state index is 9.00. The molecule has 1 aromatic heterocycles. The van der Waals surface area contributed by atoms with Gasteiger partial charge in [-0.3, -0.25) is 0 Å². The van der Waals surface area contributed by atoms with Crippen molar-refractivity contribution in [2.75, 3.05) is 6.54 Å². The van der Waals surface area contributed by atoms with Gasteiger partial charge in [0.15, 0.2) is 0 Å². The molecule has 5 nitrogen and oxygen atoms in total. The number of primary amides is 2. The third kappa shape index (κ3) is 3.39. The summed E-state index contributed by atoms with van der Waals surface area (Å²) in [6, 6.07) is -0.833. The van der Waals surface area contributed by atoms with Crippen LogP contribution in [0.25, 0.3) is 0 Å². The van der Waals surface area contributed by atoms with Gasteiger partial charge in [0.25, 0.3) is 0 Å². The summed E-state index contributed by atoms with van der Waals surface area (Å²) < 4.78 is 0. The fourth-order valence-corrected chi connectivity index (χ4v) is 1.83. The van der Waals surface area contributed by atoms with Crippen LogP contribution in [0.5, 0.6) is 0 Å². The first-order chi connectivity index (χ1) is 6.20. The lowest BCUT2D eigenvalue weighted by molar-refractivity contribution is 0.256. The number of thiazole rings is 1. The minimum atomic E-state index is -0.833. The molecule has 0 aromatic carbocycles. The van der Waals surface area contributed by atoms with E-state index in [0.29, 0.717) is 0 Å². The fourth-order valence-electron chi connectivity index (χ4n) is 1.05. The minimum absolute atomic E-state index is 0.833. The normalized spacial score (nSPS) is 13.8. The third-order valence-electron chi connectivity index (χ3n) is 1.55. The molecule has 0 radical (unpaired) electrons. The Hall–Kier alpha value is -1.14. The predicted molar refractivity (Wildman–Crippen MR) is 51.3 cm³/mol. The van der Waals surface area contributed by atoms with E-state index in [0.717, 1.165) is 19.5 Å². The molecular weight excluding hydrogens is 188 g/mol. The van der Waals surface area contributed by atoms with E-state index in [1.54, 1.807) is 11.3 Å². The molecule has 72 valence electrons.